The molecule has 1 aliphatic heterocycles. The lowest BCUT2D eigenvalue weighted by Gasteiger charge is -2.35. The van der Waals surface area contributed by atoms with Gasteiger partial charge in [0.1, 0.15) is 0 Å². The topological polar surface area (TPSA) is 9.23 Å². The maximum absolute atomic E-state index is 6.23. The molecular formula is C9H17ClO. The highest BCUT2D eigenvalue weighted by atomic mass is 35.5. The monoisotopic (exact) mass is 176 g/mol. The van der Waals surface area contributed by atoms with Crippen LogP contribution in [0.4, 0.5) is 0 Å². The highest BCUT2D eigenvalue weighted by Gasteiger charge is 2.31. The molecule has 1 heterocycles. The minimum absolute atomic E-state index is 0.0206. The molecule has 2 unspecified atom stereocenters. The van der Waals surface area contributed by atoms with E-state index in [1.54, 1.807) is 0 Å². The van der Waals surface area contributed by atoms with Crippen molar-refractivity contribution in [2.24, 2.45) is 5.92 Å². The molecule has 66 valence electrons. The van der Waals surface area contributed by atoms with E-state index in [0.29, 0.717) is 12.0 Å². The van der Waals surface area contributed by atoms with Crippen LogP contribution in [0.1, 0.15) is 33.6 Å². The van der Waals surface area contributed by atoms with Crippen LogP contribution >= 0.6 is 11.6 Å². The number of ether oxygens (including phenoxy) is 1. The second kappa shape index (κ2) is 3.32. The minimum atomic E-state index is -0.0206. The third kappa shape index (κ3) is 2.64. The summed E-state index contributed by atoms with van der Waals surface area (Å²) in [7, 11) is 0. The van der Waals surface area contributed by atoms with Crippen LogP contribution in [0.5, 0.6) is 0 Å². The zero-order valence-electron chi connectivity index (χ0n) is 7.56. The van der Waals surface area contributed by atoms with Gasteiger partial charge in [-0.15, -0.1) is 11.6 Å². The first kappa shape index (κ1) is 9.34. The van der Waals surface area contributed by atoms with Crippen molar-refractivity contribution in [1.29, 1.82) is 0 Å². The molecule has 0 aliphatic carbocycles. The molecule has 0 amide bonds. The fraction of sp³-hybridized carbons (Fsp3) is 1.00. The van der Waals surface area contributed by atoms with Crippen molar-refractivity contribution in [3.8, 4) is 0 Å². The summed E-state index contributed by atoms with van der Waals surface area (Å²) in [5.41, 5.74) is 0. The quantitative estimate of drug-likeness (QED) is 0.559. The van der Waals surface area contributed by atoms with Crippen LogP contribution in [0.25, 0.3) is 0 Å². The normalized spacial score (nSPS) is 39.5. The van der Waals surface area contributed by atoms with E-state index in [0.717, 1.165) is 19.4 Å². The van der Waals surface area contributed by atoms with Gasteiger partial charge in [-0.3, -0.25) is 0 Å². The van der Waals surface area contributed by atoms with Gasteiger partial charge < -0.3 is 4.74 Å². The molecule has 0 N–H and O–H groups in total. The summed E-state index contributed by atoms with van der Waals surface area (Å²) < 4.78 is 5.59. The van der Waals surface area contributed by atoms with Gasteiger partial charge in [0.25, 0.3) is 0 Å². The van der Waals surface area contributed by atoms with Gasteiger partial charge >= 0.3 is 0 Å². The van der Waals surface area contributed by atoms with Crippen molar-refractivity contribution in [1.82, 2.24) is 0 Å². The van der Waals surface area contributed by atoms with Gasteiger partial charge in [-0.25, -0.2) is 0 Å². The first-order chi connectivity index (χ1) is 5.01. The molecule has 1 saturated heterocycles. The summed E-state index contributed by atoms with van der Waals surface area (Å²) in [6.45, 7) is 7.29. The Morgan fingerprint density at radius 3 is 2.55 bits per heavy atom. The molecule has 2 atom stereocenters. The minimum Gasteiger partial charge on any atom is -0.378 e. The van der Waals surface area contributed by atoms with E-state index in [2.05, 4.69) is 20.8 Å². The molecule has 1 nitrogen and oxygen atoms in total. The van der Waals surface area contributed by atoms with Crippen molar-refractivity contribution in [2.45, 2.75) is 44.6 Å². The Morgan fingerprint density at radius 1 is 1.55 bits per heavy atom. The third-order valence-electron chi connectivity index (χ3n) is 2.33. The average molecular weight is 177 g/mol. The van der Waals surface area contributed by atoms with E-state index in [1.807, 2.05) is 0 Å². The summed E-state index contributed by atoms with van der Waals surface area (Å²) in [6, 6.07) is 0. The van der Waals surface area contributed by atoms with Crippen LogP contribution in [0.2, 0.25) is 0 Å². The highest BCUT2D eigenvalue weighted by Crippen LogP contribution is 2.33. The number of hydrogen-bond donors (Lipinski definition) is 0. The fourth-order valence-electron chi connectivity index (χ4n) is 1.43. The highest BCUT2D eigenvalue weighted by molar-refractivity contribution is 6.23. The van der Waals surface area contributed by atoms with Crippen LogP contribution in [-0.2, 0) is 4.74 Å². The fourth-order valence-corrected chi connectivity index (χ4v) is 1.66. The molecule has 1 rings (SSSR count). The zero-order chi connectivity index (χ0) is 8.48. The molecule has 1 fully saturated rings. The number of hydrogen-bond acceptors (Lipinski definition) is 1. The molecular weight excluding hydrogens is 160 g/mol. The van der Waals surface area contributed by atoms with Gasteiger partial charge in [0.15, 0.2) is 0 Å². The molecule has 0 saturated carbocycles. The summed E-state index contributed by atoms with van der Waals surface area (Å²) in [5, 5.41) is 0. The maximum Gasteiger partial charge on any atom is 0.0614 e. The van der Waals surface area contributed by atoms with E-state index in [4.69, 9.17) is 16.3 Å². The van der Waals surface area contributed by atoms with Crippen molar-refractivity contribution < 1.29 is 4.74 Å². The predicted molar refractivity (Wildman–Crippen MR) is 48.1 cm³/mol. The van der Waals surface area contributed by atoms with Crippen molar-refractivity contribution in [3.63, 3.8) is 0 Å². The number of halogens is 1. The number of rotatable bonds is 1. The van der Waals surface area contributed by atoms with E-state index in [9.17, 15) is 0 Å². The van der Waals surface area contributed by atoms with Crippen LogP contribution in [0, 0.1) is 5.92 Å². The Hall–Kier alpha value is 0.250. The maximum atomic E-state index is 6.23. The first-order valence-electron chi connectivity index (χ1n) is 4.32. The van der Waals surface area contributed by atoms with E-state index < -0.39 is 0 Å². The van der Waals surface area contributed by atoms with Gasteiger partial charge in [0.2, 0.25) is 0 Å². The van der Waals surface area contributed by atoms with Crippen molar-refractivity contribution >= 4 is 11.6 Å². The van der Waals surface area contributed by atoms with Crippen LogP contribution in [-0.4, -0.2) is 17.6 Å². The Morgan fingerprint density at radius 2 is 2.18 bits per heavy atom. The second-order valence-corrected chi connectivity index (χ2v) is 4.93. The lowest BCUT2D eigenvalue weighted by atomic mass is 9.91. The summed E-state index contributed by atoms with van der Waals surface area (Å²) >= 11 is 6.23. The standard InChI is InChI=1S/C9H17ClO/c1-7(2)8-6-9(3,10)4-5-11-8/h7-8H,4-6H2,1-3H3. The largest absolute Gasteiger partial charge is 0.378 e. The average Bonchev–Trinajstić information content (AvgIpc) is 1.85. The molecule has 0 aromatic heterocycles. The van der Waals surface area contributed by atoms with Gasteiger partial charge in [-0.05, 0) is 25.7 Å². The smallest absolute Gasteiger partial charge is 0.0614 e. The van der Waals surface area contributed by atoms with Gasteiger partial charge in [-0.1, -0.05) is 13.8 Å². The van der Waals surface area contributed by atoms with E-state index >= 15 is 0 Å². The van der Waals surface area contributed by atoms with Crippen LogP contribution in [0.15, 0.2) is 0 Å². The second-order valence-electron chi connectivity index (χ2n) is 4.02. The van der Waals surface area contributed by atoms with Gasteiger partial charge in [0.05, 0.1) is 6.10 Å². The molecule has 0 spiro atoms. The molecule has 0 aromatic rings. The Kier molecular flexibility index (Phi) is 2.82. The predicted octanol–water partition coefficient (Wildman–Crippen LogP) is 2.82. The van der Waals surface area contributed by atoms with Gasteiger partial charge in [-0.2, -0.15) is 0 Å². The Labute approximate surface area is 74.1 Å². The lowest BCUT2D eigenvalue weighted by molar-refractivity contribution is -0.0241. The first-order valence-corrected chi connectivity index (χ1v) is 4.69. The number of alkyl halides is 1. The molecule has 11 heavy (non-hydrogen) atoms. The Bertz CT molecular complexity index is 132. The van der Waals surface area contributed by atoms with Crippen LogP contribution in [0.3, 0.4) is 0 Å². The SMILES string of the molecule is CC(C)C1CC(C)(Cl)CCO1. The van der Waals surface area contributed by atoms with Gasteiger partial charge in [0, 0.05) is 11.5 Å². The Balaban J connectivity index is 2.46. The zero-order valence-corrected chi connectivity index (χ0v) is 8.32. The van der Waals surface area contributed by atoms with E-state index in [1.165, 1.54) is 0 Å². The molecule has 0 aromatic carbocycles. The molecule has 1 aliphatic rings. The summed E-state index contributed by atoms with van der Waals surface area (Å²) in [4.78, 5) is -0.0206. The van der Waals surface area contributed by atoms with Crippen molar-refractivity contribution in [3.05, 3.63) is 0 Å². The van der Waals surface area contributed by atoms with Crippen LogP contribution < -0.4 is 0 Å². The summed E-state index contributed by atoms with van der Waals surface area (Å²) in [6.07, 6.45) is 2.34. The third-order valence-corrected chi connectivity index (χ3v) is 2.67. The van der Waals surface area contributed by atoms with Crippen molar-refractivity contribution in [2.75, 3.05) is 6.61 Å². The van der Waals surface area contributed by atoms with E-state index in [-0.39, 0.29) is 4.87 Å². The lowest BCUT2D eigenvalue weighted by Crippen LogP contribution is -2.36. The molecule has 2 heteroatoms. The summed E-state index contributed by atoms with van der Waals surface area (Å²) in [5.74, 6) is 0.591. The molecule has 0 radical (unpaired) electrons. The molecule has 0 bridgehead atoms.